The van der Waals surface area contributed by atoms with Gasteiger partial charge in [0.15, 0.2) is 5.82 Å². The second-order valence-electron chi connectivity index (χ2n) is 2.44. The van der Waals surface area contributed by atoms with Gasteiger partial charge in [-0.3, -0.25) is 4.57 Å². The van der Waals surface area contributed by atoms with Crippen molar-refractivity contribution in [2.24, 2.45) is 12.8 Å². The van der Waals surface area contributed by atoms with Gasteiger partial charge >= 0.3 is 0 Å². The molecule has 0 amide bonds. The second-order valence-corrected chi connectivity index (χ2v) is 2.44. The Hall–Kier alpha value is -1.14. The molecule has 0 spiro atoms. The van der Waals surface area contributed by atoms with E-state index >= 15 is 0 Å². The smallest absolute Gasteiger partial charge is 0.224 e. The number of hydrogen-bond acceptors (Lipinski definition) is 5. The van der Waals surface area contributed by atoms with Gasteiger partial charge in [0.2, 0.25) is 5.95 Å². The molecule has 6 heteroatoms. The van der Waals surface area contributed by atoms with Crippen LogP contribution in [0.15, 0.2) is 0 Å². The average Bonchev–Trinajstić information content (AvgIpc) is 2.45. The van der Waals surface area contributed by atoms with Crippen molar-refractivity contribution in [3.63, 3.8) is 0 Å². The van der Waals surface area contributed by atoms with Crippen LogP contribution in [0.1, 0.15) is 11.9 Å². The summed E-state index contributed by atoms with van der Waals surface area (Å²) in [6.07, 6.45) is -0.746. The van der Waals surface area contributed by atoms with Crippen molar-refractivity contribution in [1.82, 2.24) is 14.8 Å². The van der Waals surface area contributed by atoms with E-state index in [1.165, 1.54) is 0 Å². The number of nitrogens with zero attached hydrogens (tertiary/aromatic N) is 3. The van der Waals surface area contributed by atoms with Gasteiger partial charge in [0.1, 0.15) is 6.10 Å². The normalized spacial score (nSPS) is 13.0. The van der Waals surface area contributed by atoms with E-state index in [4.69, 9.17) is 5.73 Å². The second kappa shape index (κ2) is 3.51. The number of anilines is 1. The van der Waals surface area contributed by atoms with Crippen LogP contribution in [0.3, 0.4) is 0 Å². The third-order valence-corrected chi connectivity index (χ3v) is 1.65. The van der Waals surface area contributed by atoms with Crippen molar-refractivity contribution in [1.29, 1.82) is 0 Å². The number of aliphatic hydroxyl groups is 1. The lowest BCUT2D eigenvalue weighted by atomic mass is 10.3. The summed E-state index contributed by atoms with van der Waals surface area (Å²) < 4.78 is 1.66. The summed E-state index contributed by atoms with van der Waals surface area (Å²) in [7, 11) is 3.50. The number of nitrogens with one attached hydrogen (secondary N) is 1. The number of hydrogen-bond donors (Lipinski definition) is 3. The van der Waals surface area contributed by atoms with Gasteiger partial charge in [-0.15, -0.1) is 10.2 Å². The number of nitrogens with two attached hydrogens (primary N) is 1. The molecular formula is C6H13N5O. The minimum Gasteiger partial charge on any atom is -0.384 e. The van der Waals surface area contributed by atoms with Crippen molar-refractivity contribution in [3.05, 3.63) is 5.82 Å². The molecule has 1 atom stereocenters. The number of rotatable bonds is 3. The maximum atomic E-state index is 9.34. The minimum atomic E-state index is -0.746. The Bertz CT molecular complexity index is 258. The van der Waals surface area contributed by atoms with E-state index in [0.29, 0.717) is 11.8 Å². The first-order chi connectivity index (χ1) is 5.70. The zero-order valence-electron chi connectivity index (χ0n) is 7.15. The van der Waals surface area contributed by atoms with Crippen LogP contribution in [0.2, 0.25) is 0 Å². The fourth-order valence-corrected chi connectivity index (χ4v) is 0.955. The predicted octanol–water partition coefficient (Wildman–Crippen LogP) is -1.15. The van der Waals surface area contributed by atoms with Crippen LogP contribution in [0.4, 0.5) is 5.95 Å². The van der Waals surface area contributed by atoms with E-state index in [-0.39, 0.29) is 6.54 Å². The highest BCUT2D eigenvalue weighted by Gasteiger charge is 2.14. The van der Waals surface area contributed by atoms with Gasteiger partial charge in [-0.25, -0.2) is 0 Å². The molecule has 0 aromatic carbocycles. The number of aromatic nitrogens is 3. The summed E-state index contributed by atoms with van der Waals surface area (Å²) in [4.78, 5) is 0. The van der Waals surface area contributed by atoms with Crippen LogP contribution in [-0.4, -0.2) is 33.5 Å². The molecule has 0 bridgehead atoms. The zero-order valence-corrected chi connectivity index (χ0v) is 7.15. The Balaban J connectivity index is 2.93. The van der Waals surface area contributed by atoms with E-state index in [1.54, 1.807) is 18.7 Å². The third kappa shape index (κ3) is 1.39. The van der Waals surface area contributed by atoms with Gasteiger partial charge in [0.25, 0.3) is 0 Å². The molecule has 1 aromatic heterocycles. The summed E-state index contributed by atoms with van der Waals surface area (Å²) in [5, 5.41) is 19.7. The van der Waals surface area contributed by atoms with Crippen LogP contribution >= 0.6 is 0 Å². The molecule has 0 aliphatic heterocycles. The molecule has 6 nitrogen and oxygen atoms in total. The predicted molar refractivity (Wildman–Crippen MR) is 44.6 cm³/mol. The molecule has 4 N–H and O–H groups in total. The number of aliphatic hydroxyl groups excluding tert-OH is 1. The third-order valence-electron chi connectivity index (χ3n) is 1.65. The Morgan fingerprint density at radius 2 is 2.33 bits per heavy atom. The molecule has 1 aromatic rings. The average molecular weight is 171 g/mol. The van der Waals surface area contributed by atoms with E-state index < -0.39 is 6.10 Å². The lowest BCUT2D eigenvalue weighted by molar-refractivity contribution is 0.173. The quantitative estimate of drug-likeness (QED) is 0.534. The molecule has 0 saturated carbocycles. The van der Waals surface area contributed by atoms with Gasteiger partial charge in [-0.2, -0.15) is 0 Å². The molecule has 0 aliphatic rings. The Kier molecular flexibility index (Phi) is 2.61. The molecular weight excluding hydrogens is 158 g/mol. The highest BCUT2D eigenvalue weighted by atomic mass is 16.3. The topological polar surface area (TPSA) is 89.0 Å². The Morgan fingerprint density at radius 3 is 2.75 bits per heavy atom. The van der Waals surface area contributed by atoms with Crippen molar-refractivity contribution < 1.29 is 5.11 Å². The summed E-state index contributed by atoms with van der Waals surface area (Å²) in [6.45, 7) is 0.148. The molecule has 12 heavy (non-hydrogen) atoms. The van der Waals surface area contributed by atoms with Crippen molar-refractivity contribution in [2.75, 3.05) is 18.9 Å². The summed E-state index contributed by atoms with van der Waals surface area (Å²) >= 11 is 0. The summed E-state index contributed by atoms with van der Waals surface area (Å²) in [5.74, 6) is 1.08. The van der Waals surface area contributed by atoms with E-state index in [2.05, 4.69) is 15.5 Å². The maximum absolute atomic E-state index is 9.34. The van der Waals surface area contributed by atoms with Crippen LogP contribution in [-0.2, 0) is 7.05 Å². The molecule has 1 unspecified atom stereocenters. The van der Waals surface area contributed by atoms with Crippen LogP contribution in [0, 0.1) is 0 Å². The highest BCUT2D eigenvalue weighted by Crippen LogP contribution is 2.10. The fourth-order valence-electron chi connectivity index (χ4n) is 0.955. The maximum Gasteiger partial charge on any atom is 0.224 e. The van der Waals surface area contributed by atoms with E-state index in [9.17, 15) is 5.11 Å². The highest BCUT2D eigenvalue weighted by molar-refractivity contribution is 5.24. The molecule has 0 fully saturated rings. The van der Waals surface area contributed by atoms with Crippen LogP contribution in [0.5, 0.6) is 0 Å². The first-order valence-electron chi connectivity index (χ1n) is 3.66. The zero-order chi connectivity index (χ0) is 9.14. The Morgan fingerprint density at radius 1 is 1.67 bits per heavy atom. The van der Waals surface area contributed by atoms with Gasteiger partial charge in [0.05, 0.1) is 0 Å². The largest absolute Gasteiger partial charge is 0.384 e. The van der Waals surface area contributed by atoms with Crippen molar-refractivity contribution >= 4 is 5.95 Å². The first kappa shape index (κ1) is 8.95. The van der Waals surface area contributed by atoms with Gasteiger partial charge < -0.3 is 16.2 Å². The molecule has 0 saturated heterocycles. The van der Waals surface area contributed by atoms with Crippen molar-refractivity contribution in [2.45, 2.75) is 6.10 Å². The molecule has 1 rings (SSSR count). The summed E-state index contributed by atoms with van der Waals surface area (Å²) in [5.41, 5.74) is 5.27. The van der Waals surface area contributed by atoms with E-state index in [0.717, 1.165) is 0 Å². The Labute approximate surface area is 70.4 Å². The molecule has 1 heterocycles. The van der Waals surface area contributed by atoms with Gasteiger partial charge in [0, 0.05) is 20.6 Å². The monoisotopic (exact) mass is 171 g/mol. The molecule has 0 aliphatic carbocycles. The van der Waals surface area contributed by atoms with Crippen molar-refractivity contribution in [3.8, 4) is 0 Å². The molecule has 0 radical (unpaired) electrons. The van der Waals surface area contributed by atoms with Crippen LogP contribution < -0.4 is 11.1 Å². The molecule has 68 valence electrons. The van der Waals surface area contributed by atoms with Gasteiger partial charge in [-0.1, -0.05) is 0 Å². The van der Waals surface area contributed by atoms with Crippen LogP contribution in [0.25, 0.3) is 0 Å². The minimum absolute atomic E-state index is 0.148. The summed E-state index contributed by atoms with van der Waals surface area (Å²) in [6, 6.07) is 0. The lowest BCUT2D eigenvalue weighted by Gasteiger charge is -2.06. The first-order valence-corrected chi connectivity index (χ1v) is 3.66. The SMILES string of the molecule is CNc1nnc(C(O)CN)n1C. The fraction of sp³-hybridized carbons (Fsp3) is 0.667. The van der Waals surface area contributed by atoms with E-state index in [1.807, 2.05) is 0 Å². The standard InChI is InChI=1S/C6H13N5O/c1-8-6-10-9-5(11(6)2)4(12)3-7/h4,12H,3,7H2,1-2H3,(H,8,10). The lowest BCUT2D eigenvalue weighted by Crippen LogP contribution is -2.16. The van der Waals surface area contributed by atoms with Gasteiger partial charge in [-0.05, 0) is 0 Å².